The summed E-state index contributed by atoms with van der Waals surface area (Å²) in [6.07, 6.45) is 1.84. The Morgan fingerprint density at radius 2 is 0.909 bits per heavy atom. The van der Waals surface area contributed by atoms with Crippen LogP contribution in [0.25, 0.3) is 0 Å². The Bertz CT molecular complexity index is 1240. The molecule has 0 fully saturated rings. The van der Waals surface area contributed by atoms with Crippen molar-refractivity contribution in [1.82, 2.24) is 0 Å². The third kappa shape index (κ3) is 3.32. The Morgan fingerprint density at radius 3 is 1.36 bits per heavy atom. The molecule has 0 saturated heterocycles. The van der Waals surface area contributed by atoms with Gasteiger partial charge in [-0.2, -0.15) is 0 Å². The van der Waals surface area contributed by atoms with Crippen molar-refractivity contribution >= 4 is 0 Å². The molecular formula is C30H36O3. The lowest BCUT2D eigenvalue weighted by Gasteiger charge is -2.47. The lowest BCUT2D eigenvalue weighted by Crippen LogP contribution is -2.40. The van der Waals surface area contributed by atoms with Crippen LogP contribution < -0.4 is 0 Å². The van der Waals surface area contributed by atoms with Crippen LogP contribution in [0.15, 0.2) is 30.3 Å². The zero-order valence-corrected chi connectivity index (χ0v) is 21.1. The maximum absolute atomic E-state index is 11.0. The average molecular weight is 445 g/mol. The Labute approximate surface area is 197 Å². The molecule has 0 spiro atoms. The minimum absolute atomic E-state index is 0.248. The van der Waals surface area contributed by atoms with E-state index >= 15 is 0 Å². The second-order valence-corrected chi connectivity index (χ2v) is 10.7. The first-order valence-corrected chi connectivity index (χ1v) is 11.8. The fourth-order valence-corrected chi connectivity index (χ4v) is 6.02. The SMILES string of the molecule is Cc1cc([C@]2(C)CC[C@](C)(c3cc(C)c(O)c(C)c3)c3c2cc(C)c(O)c3C)cc(C)c1O. The molecule has 0 amide bonds. The summed E-state index contributed by atoms with van der Waals surface area (Å²) in [6.45, 7) is 16.4. The van der Waals surface area contributed by atoms with Crippen molar-refractivity contribution in [2.45, 2.75) is 79.1 Å². The standard InChI is InChI=1S/C30H36O3/c1-16-11-22(12-17(2)26(16)31)29(7)9-10-30(8,23-13-18(3)27(32)19(4)14-23)25-21(6)28(33)20(5)15-24(25)29/h11-15,31-33H,9-10H2,1-8H3/t29-,30+/m0/s1. The molecule has 3 N–H and O–H groups in total. The monoisotopic (exact) mass is 444 g/mol. The van der Waals surface area contributed by atoms with E-state index in [1.165, 1.54) is 22.3 Å². The van der Waals surface area contributed by atoms with Crippen LogP contribution in [0.3, 0.4) is 0 Å². The zero-order chi connectivity index (χ0) is 24.5. The van der Waals surface area contributed by atoms with Crippen LogP contribution in [0.1, 0.15) is 82.3 Å². The predicted octanol–water partition coefficient (Wildman–Crippen LogP) is 7.06. The van der Waals surface area contributed by atoms with Crippen molar-refractivity contribution in [3.05, 3.63) is 86.0 Å². The smallest absolute Gasteiger partial charge is 0.121 e. The van der Waals surface area contributed by atoms with Gasteiger partial charge < -0.3 is 15.3 Å². The molecule has 3 heteroatoms. The van der Waals surface area contributed by atoms with E-state index in [0.717, 1.165) is 46.2 Å². The minimum Gasteiger partial charge on any atom is -0.507 e. The number of hydrogen-bond acceptors (Lipinski definition) is 3. The first-order chi connectivity index (χ1) is 15.3. The number of aryl methyl sites for hydroxylation is 5. The normalized spacial score (nSPS) is 22.3. The van der Waals surface area contributed by atoms with Crippen LogP contribution in [0.2, 0.25) is 0 Å². The van der Waals surface area contributed by atoms with Crippen molar-refractivity contribution in [3.63, 3.8) is 0 Å². The maximum atomic E-state index is 11.0. The predicted molar refractivity (Wildman–Crippen MR) is 135 cm³/mol. The highest BCUT2D eigenvalue weighted by Gasteiger charge is 2.46. The van der Waals surface area contributed by atoms with E-state index in [2.05, 4.69) is 44.2 Å². The summed E-state index contributed by atoms with van der Waals surface area (Å²) in [5, 5.41) is 31.8. The molecule has 33 heavy (non-hydrogen) atoms. The number of rotatable bonds is 2. The van der Waals surface area contributed by atoms with Gasteiger partial charge in [0.1, 0.15) is 17.2 Å². The topological polar surface area (TPSA) is 60.7 Å². The van der Waals surface area contributed by atoms with Crippen molar-refractivity contribution in [3.8, 4) is 17.2 Å². The summed E-state index contributed by atoms with van der Waals surface area (Å²) < 4.78 is 0. The fourth-order valence-electron chi connectivity index (χ4n) is 6.02. The molecular weight excluding hydrogens is 408 g/mol. The molecule has 0 aliphatic heterocycles. The van der Waals surface area contributed by atoms with Gasteiger partial charge in [-0.05, 0) is 110 Å². The van der Waals surface area contributed by atoms with Gasteiger partial charge in [0.2, 0.25) is 0 Å². The summed E-state index contributed by atoms with van der Waals surface area (Å²) in [4.78, 5) is 0. The molecule has 0 radical (unpaired) electrons. The summed E-state index contributed by atoms with van der Waals surface area (Å²) >= 11 is 0. The summed E-state index contributed by atoms with van der Waals surface area (Å²) in [7, 11) is 0. The lowest BCUT2D eigenvalue weighted by atomic mass is 9.56. The maximum Gasteiger partial charge on any atom is 0.121 e. The molecule has 1 aliphatic rings. The number of hydrogen-bond donors (Lipinski definition) is 3. The van der Waals surface area contributed by atoms with Crippen LogP contribution in [-0.4, -0.2) is 15.3 Å². The van der Waals surface area contributed by atoms with Gasteiger partial charge in [0.25, 0.3) is 0 Å². The van der Waals surface area contributed by atoms with Crippen LogP contribution in [-0.2, 0) is 10.8 Å². The van der Waals surface area contributed by atoms with Gasteiger partial charge in [0.05, 0.1) is 0 Å². The van der Waals surface area contributed by atoms with E-state index in [4.69, 9.17) is 0 Å². The van der Waals surface area contributed by atoms with Crippen LogP contribution >= 0.6 is 0 Å². The number of aromatic hydroxyl groups is 3. The summed E-state index contributed by atoms with van der Waals surface area (Å²) in [6, 6.07) is 10.6. The van der Waals surface area contributed by atoms with E-state index in [-0.39, 0.29) is 10.8 Å². The first-order valence-electron chi connectivity index (χ1n) is 11.8. The van der Waals surface area contributed by atoms with Crippen molar-refractivity contribution < 1.29 is 15.3 Å². The van der Waals surface area contributed by atoms with Gasteiger partial charge in [0.15, 0.2) is 0 Å². The number of phenolic OH excluding ortho intramolecular Hbond substituents is 3. The molecule has 0 unspecified atom stereocenters. The van der Waals surface area contributed by atoms with Gasteiger partial charge in [0, 0.05) is 10.8 Å². The third-order valence-corrected chi connectivity index (χ3v) is 8.26. The van der Waals surface area contributed by atoms with Gasteiger partial charge in [-0.1, -0.05) is 44.2 Å². The van der Waals surface area contributed by atoms with Gasteiger partial charge in [-0.3, -0.25) is 0 Å². The number of benzene rings is 3. The molecule has 0 heterocycles. The van der Waals surface area contributed by atoms with E-state index < -0.39 is 0 Å². The summed E-state index contributed by atoms with van der Waals surface area (Å²) in [5.74, 6) is 1.06. The Kier molecular flexibility index (Phi) is 5.31. The Balaban J connectivity index is 2.05. The van der Waals surface area contributed by atoms with Crippen LogP contribution in [0.4, 0.5) is 0 Å². The average Bonchev–Trinajstić information content (AvgIpc) is 2.76. The van der Waals surface area contributed by atoms with Gasteiger partial charge in [-0.15, -0.1) is 0 Å². The zero-order valence-electron chi connectivity index (χ0n) is 21.1. The van der Waals surface area contributed by atoms with E-state index in [1.54, 1.807) is 0 Å². The summed E-state index contributed by atoms with van der Waals surface area (Å²) in [5.41, 5.74) is 9.56. The highest BCUT2D eigenvalue weighted by atomic mass is 16.3. The molecule has 4 rings (SSSR count). The number of fused-ring (bicyclic) bond motifs is 1. The van der Waals surface area contributed by atoms with Gasteiger partial charge >= 0.3 is 0 Å². The highest BCUT2D eigenvalue weighted by Crippen LogP contribution is 2.55. The molecule has 174 valence electrons. The largest absolute Gasteiger partial charge is 0.507 e. The molecule has 1 aliphatic carbocycles. The van der Waals surface area contributed by atoms with Crippen LogP contribution in [0.5, 0.6) is 17.2 Å². The molecule has 3 aromatic carbocycles. The number of phenols is 3. The third-order valence-electron chi connectivity index (χ3n) is 8.26. The quantitative estimate of drug-likeness (QED) is 0.396. The second kappa shape index (κ2) is 7.55. The van der Waals surface area contributed by atoms with Crippen molar-refractivity contribution in [1.29, 1.82) is 0 Å². The molecule has 0 saturated carbocycles. The Morgan fingerprint density at radius 1 is 0.545 bits per heavy atom. The fraction of sp³-hybridized carbons (Fsp3) is 0.400. The van der Waals surface area contributed by atoms with Crippen molar-refractivity contribution in [2.75, 3.05) is 0 Å². The van der Waals surface area contributed by atoms with Crippen molar-refractivity contribution in [2.24, 2.45) is 0 Å². The molecule has 3 nitrogen and oxygen atoms in total. The lowest BCUT2D eigenvalue weighted by molar-refractivity contribution is 0.361. The highest BCUT2D eigenvalue weighted by molar-refractivity contribution is 5.62. The second-order valence-electron chi connectivity index (χ2n) is 10.7. The van der Waals surface area contributed by atoms with E-state index in [0.29, 0.717) is 17.2 Å². The minimum atomic E-state index is -0.297. The first kappa shape index (κ1) is 23.2. The molecule has 3 aromatic rings. The Hall–Kier alpha value is -2.94. The molecule has 0 bridgehead atoms. The molecule has 0 aromatic heterocycles. The van der Waals surface area contributed by atoms with Crippen LogP contribution in [0, 0.1) is 41.5 Å². The van der Waals surface area contributed by atoms with E-state index in [1.807, 2.05) is 41.5 Å². The van der Waals surface area contributed by atoms with Gasteiger partial charge in [-0.25, -0.2) is 0 Å². The van der Waals surface area contributed by atoms with E-state index in [9.17, 15) is 15.3 Å². The molecule has 2 atom stereocenters.